The Labute approximate surface area is 154 Å². The van der Waals surface area contributed by atoms with Crippen LogP contribution in [0, 0.1) is 0 Å². The Bertz CT molecular complexity index is 825. The zero-order valence-corrected chi connectivity index (χ0v) is 15.4. The third kappa shape index (κ3) is 4.35. The Kier molecular flexibility index (Phi) is 5.63. The maximum Gasteiger partial charge on any atom is 0.265 e. The highest BCUT2D eigenvalue weighted by Crippen LogP contribution is 2.17. The van der Waals surface area contributed by atoms with Crippen LogP contribution in [0.15, 0.2) is 59.3 Å². The van der Waals surface area contributed by atoms with Crippen LogP contribution >= 0.6 is 22.7 Å². The highest BCUT2D eigenvalue weighted by Gasteiger charge is 2.15. The molecule has 0 unspecified atom stereocenters. The molecule has 0 bridgehead atoms. The highest BCUT2D eigenvalue weighted by molar-refractivity contribution is 7.12. The summed E-state index contributed by atoms with van der Waals surface area (Å²) < 4.78 is 0. The molecule has 0 saturated heterocycles. The van der Waals surface area contributed by atoms with E-state index in [9.17, 15) is 9.59 Å². The fourth-order valence-corrected chi connectivity index (χ4v) is 3.74. The fourth-order valence-electron chi connectivity index (χ4n) is 2.40. The van der Waals surface area contributed by atoms with Crippen molar-refractivity contribution in [1.82, 2.24) is 4.90 Å². The SMILES string of the molecule is CCN(Cc1cccs1)C(=O)c1ccc(NC(=O)c2cccs2)cc1. The third-order valence-electron chi connectivity index (χ3n) is 3.73. The molecule has 0 atom stereocenters. The topological polar surface area (TPSA) is 49.4 Å². The molecule has 6 heteroatoms. The lowest BCUT2D eigenvalue weighted by molar-refractivity contribution is 0.0754. The van der Waals surface area contributed by atoms with Gasteiger partial charge in [0.1, 0.15) is 0 Å². The van der Waals surface area contributed by atoms with Crippen molar-refractivity contribution in [2.45, 2.75) is 13.5 Å². The van der Waals surface area contributed by atoms with E-state index >= 15 is 0 Å². The molecule has 4 nitrogen and oxygen atoms in total. The molecule has 0 fully saturated rings. The van der Waals surface area contributed by atoms with E-state index in [4.69, 9.17) is 0 Å². The minimum atomic E-state index is -0.137. The maximum absolute atomic E-state index is 12.7. The Morgan fingerprint density at radius 3 is 2.32 bits per heavy atom. The fraction of sp³-hybridized carbons (Fsp3) is 0.158. The lowest BCUT2D eigenvalue weighted by Crippen LogP contribution is -2.29. The van der Waals surface area contributed by atoms with Gasteiger partial charge in [0, 0.05) is 22.7 Å². The summed E-state index contributed by atoms with van der Waals surface area (Å²) in [6.07, 6.45) is 0. The second-order valence-corrected chi connectivity index (χ2v) is 7.39. The first-order chi connectivity index (χ1) is 12.2. The lowest BCUT2D eigenvalue weighted by Gasteiger charge is -2.20. The Balaban J connectivity index is 1.66. The normalized spacial score (nSPS) is 10.4. The number of carbonyl (C=O) groups excluding carboxylic acids is 2. The summed E-state index contributed by atoms with van der Waals surface area (Å²) in [6.45, 7) is 3.23. The van der Waals surface area contributed by atoms with Gasteiger partial charge in [0.25, 0.3) is 11.8 Å². The van der Waals surface area contributed by atoms with E-state index in [-0.39, 0.29) is 11.8 Å². The van der Waals surface area contributed by atoms with Crippen LogP contribution in [0.2, 0.25) is 0 Å². The molecule has 128 valence electrons. The number of anilines is 1. The van der Waals surface area contributed by atoms with E-state index in [1.807, 2.05) is 40.8 Å². The van der Waals surface area contributed by atoms with Crippen molar-refractivity contribution in [3.63, 3.8) is 0 Å². The number of amides is 2. The van der Waals surface area contributed by atoms with Crippen LogP contribution in [0.25, 0.3) is 0 Å². The smallest absolute Gasteiger partial charge is 0.265 e. The van der Waals surface area contributed by atoms with Gasteiger partial charge in [0.15, 0.2) is 0 Å². The molecule has 0 spiro atoms. The van der Waals surface area contributed by atoms with Gasteiger partial charge in [-0.15, -0.1) is 22.7 Å². The first kappa shape index (κ1) is 17.4. The molecule has 0 radical (unpaired) electrons. The van der Waals surface area contributed by atoms with E-state index in [1.54, 1.807) is 41.7 Å². The quantitative estimate of drug-likeness (QED) is 0.682. The number of benzene rings is 1. The predicted octanol–water partition coefficient (Wildman–Crippen LogP) is 4.72. The van der Waals surface area contributed by atoms with Gasteiger partial charge in [-0.3, -0.25) is 9.59 Å². The largest absolute Gasteiger partial charge is 0.334 e. The van der Waals surface area contributed by atoms with Crippen molar-refractivity contribution >= 4 is 40.2 Å². The van der Waals surface area contributed by atoms with Crippen molar-refractivity contribution in [3.8, 4) is 0 Å². The molecule has 0 aliphatic carbocycles. The summed E-state index contributed by atoms with van der Waals surface area (Å²) >= 11 is 3.04. The van der Waals surface area contributed by atoms with Gasteiger partial charge in [-0.25, -0.2) is 0 Å². The first-order valence-corrected chi connectivity index (χ1v) is 9.70. The standard InChI is InChI=1S/C19H18N2O2S2/c1-2-21(13-16-5-3-11-24-16)19(23)14-7-9-15(10-8-14)20-18(22)17-6-4-12-25-17/h3-12H,2,13H2,1H3,(H,20,22). The second kappa shape index (κ2) is 8.09. The zero-order valence-electron chi connectivity index (χ0n) is 13.8. The summed E-state index contributed by atoms with van der Waals surface area (Å²) in [5.74, 6) is -0.144. The minimum absolute atomic E-state index is 0.00738. The van der Waals surface area contributed by atoms with Gasteiger partial charge in [-0.05, 0) is 54.1 Å². The second-order valence-electron chi connectivity index (χ2n) is 5.41. The van der Waals surface area contributed by atoms with Crippen molar-refractivity contribution in [2.75, 3.05) is 11.9 Å². The lowest BCUT2D eigenvalue weighted by atomic mass is 10.1. The number of rotatable bonds is 6. The first-order valence-electron chi connectivity index (χ1n) is 7.94. The number of nitrogens with one attached hydrogen (secondary N) is 1. The summed E-state index contributed by atoms with van der Waals surface area (Å²) in [5.41, 5.74) is 1.30. The number of carbonyl (C=O) groups is 2. The van der Waals surface area contributed by atoms with Crippen LogP contribution in [0.4, 0.5) is 5.69 Å². The van der Waals surface area contributed by atoms with E-state index in [1.165, 1.54) is 11.3 Å². The predicted molar refractivity (Wildman–Crippen MR) is 103 cm³/mol. The Morgan fingerprint density at radius 2 is 1.72 bits per heavy atom. The van der Waals surface area contributed by atoms with Gasteiger partial charge in [0.2, 0.25) is 0 Å². The Morgan fingerprint density at radius 1 is 1.00 bits per heavy atom. The van der Waals surface area contributed by atoms with Crippen LogP contribution in [0.3, 0.4) is 0 Å². The molecular formula is C19H18N2O2S2. The average molecular weight is 370 g/mol. The molecule has 0 saturated carbocycles. The molecule has 25 heavy (non-hydrogen) atoms. The van der Waals surface area contributed by atoms with Crippen LogP contribution in [-0.4, -0.2) is 23.3 Å². The molecule has 1 N–H and O–H groups in total. The third-order valence-corrected chi connectivity index (χ3v) is 5.46. The molecule has 2 heterocycles. The van der Waals surface area contributed by atoms with E-state index < -0.39 is 0 Å². The number of hydrogen-bond acceptors (Lipinski definition) is 4. The average Bonchev–Trinajstić information content (AvgIpc) is 3.33. The molecular weight excluding hydrogens is 352 g/mol. The molecule has 3 aromatic rings. The van der Waals surface area contributed by atoms with Crippen molar-refractivity contribution in [3.05, 3.63) is 74.6 Å². The van der Waals surface area contributed by atoms with Gasteiger partial charge in [-0.1, -0.05) is 12.1 Å². The number of nitrogens with zero attached hydrogens (tertiary/aromatic N) is 1. The molecule has 0 aliphatic heterocycles. The molecule has 1 aromatic carbocycles. The zero-order chi connectivity index (χ0) is 17.6. The van der Waals surface area contributed by atoms with E-state index in [0.717, 1.165) is 4.88 Å². The number of thiophene rings is 2. The van der Waals surface area contributed by atoms with Gasteiger partial charge < -0.3 is 10.2 Å². The minimum Gasteiger partial charge on any atom is -0.334 e. The van der Waals surface area contributed by atoms with Crippen LogP contribution in [0.1, 0.15) is 31.8 Å². The Hall–Kier alpha value is -2.44. The summed E-state index contributed by atoms with van der Waals surface area (Å²) in [5, 5.41) is 6.72. The van der Waals surface area contributed by atoms with Gasteiger partial charge in [-0.2, -0.15) is 0 Å². The van der Waals surface area contributed by atoms with Crippen LogP contribution < -0.4 is 5.32 Å². The van der Waals surface area contributed by atoms with Gasteiger partial charge in [0.05, 0.1) is 11.4 Å². The van der Waals surface area contributed by atoms with Crippen LogP contribution in [0.5, 0.6) is 0 Å². The summed E-state index contributed by atoms with van der Waals surface area (Å²) in [6, 6.07) is 14.7. The molecule has 0 aliphatic rings. The van der Waals surface area contributed by atoms with Crippen molar-refractivity contribution < 1.29 is 9.59 Å². The van der Waals surface area contributed by atoms with Crippen molar-refractivity contribution in [1.29, 1.82) is 0 Å². The number of hydrogen-bond donors (Lipinski definition) is 1. The maximum atomic E-state index is 12.7. The van der Waals surface area contributed by atoms with Crippen LogP contribution in [-0.2, 0) is 6.54 Å². The van der Waals surface area contributed by atoms with Crippen molar-refractivity contribution in [2.24, 2.45) is 0 Å². The summed E-state index contributed by atoms with van der Waals surface area (Å²) in [7, 11) is 0. The molecule has 2 aromatic heterocycles. The van der Waals surface area contributed by atoms with E-state index in [2.05, 4.69) is 5.32 Å². The highest BCUT2D eigenvalue weighted by atomic mass is 32.1. The van der Waals surface area contributed by atoms with Gasteiger partial charge >= 0.3 is 0 Å². The molecule has 2 amide bonds. The van der Waals surface area contributed by atoms with E-state index in [0.29, 0.717) is 29.2 Å². The monoisotopic (exact) mass is 370 g/mol. The molecule has 3 rings (SSSR count). The summed E-state index contributed by atoms with van der Waals surface area (Å²) in [4.78, 5) is 28.4.